The average molecular weight is 268 g/mol. The molecular weight excluding hydrogens is 232 g/mol. The van der Waals surface area contributed by atoms with E-state index in [1.54, 1.807) is 0 Å². The van der Waals surface area contributed by atoms with Crippen LogP contribution in [-0.4, -0.2) is 19.6 Å². The highest BCUT2D eigenvalue weighted by Crippen LogP contribution is 2.45. The summed E-state index contributed by atoms with van der Waals surface area (Å²) in [6.45, 7) is 18.4. The van der Waals surface area contributed by atoms with Crippen molar-refractivity contribution in [3.8, 4) is 0 Å². The van der Waals surface area contributed by atoms with Gasteiger partial charge in [0.1, 0.15) is 0 Å². The van der Waals surface area contributed by atoms with Gasteiger partial charge in [0.2, 0.25) is 0 Å². The van der Waals surface area contributed by atoms with E-state index >= 15 is 0 Å². The van der Waals surface area contributed by atoms with E-state index in [1.165, 1.54) is 25.7 Å². The Morgan fingerprint density at radius 2 is 1.74 bits per heavy atom. The van der Waals surface area contributed by atoms with Crippen LogP contribution in [0.4, 0.5) is 0 Å². The van der Waals surface area contributed by atoms with Gasteiger partial charge in [-0.1, -0.05) is 47.6 Å². The van der Waals surface area contributed by atoms with E-state index in [9.17, 15) is 0 Å². The fourth-order valence-corrected chi connectivity index (χ4v) is 3.34. The minimum absolute atomic E-state index is 0.383. The zero-order chi connectivity index (χ0) is 15.1. The second kappa shape index (κ2) is 7.94. The standard InChI is InChI=1S/C14H28N2.C3H8/c1-11(2)16-10-14(5)8-12(15-6)7-13(3,4)9-14;1-3-2/h12,15-16H,1,7-10H2,2-6H3;3H2,1-2H3. The molecule has 1 aliphatic carbocycles. The van der Waals surface area contributed by atoms with Crippen LogP contribution >= 0.6 is 0 Å². The quantitative estimate of drug-likeness (QED) is 0.793. The molecule has 0 aromatic carbocycles. The molecule has 1 rings (SSSR count). The van der Waals surface area contributed by atoms with Crippen molar-refractivity contribution in [3.05, 3.63) is 12.3 Å². The topological polar surface area (TPSA) is 24.1 Å². The summed E-state index contributed by atoms with van der Waals surface area (Å²) in [5.74, 6) is 0. The van der Waals surface area contributed by atoms with Crippen LogP contribution in [0.5, 0.6) is 0 Å². The third kappa shape index (κ3) is 7.61. The monoisotopic (exact) mass is 268 g/mol. The number of hydrogen-bond donors (Lipinski definition) is 2. The molecule has 2 nitrogen and oxygen atoms in total. The normalized spacial score (nSPS) is 29.1. The molecule has 0 amide bonds. The SMILES string of the molecule is C=C(C)NCC1(C)CC(NC)CC(C)(C)C1.CCC. The average Bonchev–Trinajstić information content (AvgIpc) is 2.25. The van der Waals surface area contributed by atoms with Gasteiger partial charge in [-0.05, 0) is 44.1 Å². The van der Waals surface area contributed by atoms with E-state index in [0.717, 1.165) is 12.2 Å². The minimum atomic E-state index is 0.383. The molecule has 2 unspecified atom stereocenters. The van der Waals surface area contributed by atoms with Gasteiger partial charge in [-0.15, -0.1) is 0 Å². The first kappa shape index (κ1) is 18.5. The zero-order valence-electron chi connectivity index (χ0n) is 14.3. The van der Waals surface area contributed by atoms with Gasteiger partial charge in [0.05, 0.1) is 0 Å². The van der Waals surface area contributed by atoms with Crippen LogP contribution in [-0.2, 0) is 0 Å². The molecule has 1 aliphatic rings. The molecule has 0 aromatic heterocycles. The Balaban J connectivity index is 0.000000982. The molecule has 114 valence electrons. The summed E-state index contributed by atoms with van der Waals surface area (Å²) < 4.78 is 0. The molecule has 1 fully saturated rings. The number of allylic oxidation sites excluding steroid dienone is 1. The first-order chi connectivity index (χ1) is 8.68. The predicted molar refractivity (Wildman–Crippen MR) is 87.4 cm³/mol. The van der Waals surface area contributed by atoms with Gasteiger partial charge in [0, 0.05) is 18.3 Å². The number of rotatable bonds is 4. The summed E-state index contributed by atoms with van der Waals surface area (Å²) in [5.41, 5.74) is 1.90. The zero-order valence-corrected chi connectivity index (χ0v) is 14.3. The maximum absolute atomic E-state index is 3.92. The van der Waals surface area contributed by atoms with Gasteiger partial charge in [0.15, 0.2) is 0 Å². The maximum Gasteiger partial charge on any atom is 0.0198 e. The highest BCUT2D eigenvalue weighted by molar-refractivity contribution is 4.97. The van der Waals surface area contributed by atoms with Crippen molar-refractivity contribution in [2.24, 2.45) is 10.8 Å². The smallest absolute Gasteiger partial charge is 0.0198 e. The van der Waals surface area contributed by atoms with Crippen molar-refractivity contribution in [2.75, 3.05) is 13.6 Å². The molecule has 0 aromatic rings. The van der Waals surface area contributed by atoms with Crippen molar-refractivity contribution in [2.45, 2.75) is 73.3 Å². The van der Waals surface area contributed by atoms with Crippen LogP contribution in [0.2, 0.25) is 0 Å². The van der Waals surface area contributed by atoms with Gasteiger partial charge in [-0.25, -0.2) is 0 Å². The third-order valence-electron chi connectivity index (χ3n) is 3.67. The molecule has 0 radical (unpaired) electrons. The second-order valence-electron chi connectivity index (χ2n) is 7.39. The minimum Gasteiger partial charge on any atom is -0.388 e. The van der Waals surface area contributed by atoms with Crippen molar-refractivity contribution >= 4 is 0 Å². The molecule has 2 atom stereocenters. The fraction of sp³-hybridized carbons (Fsp3) is 0.882. The molecule has 0 saturated heterocycles. The Morgan fingerprint density at radius 1 is 1.21 bits per heavy atom. The molecule has 2 N–H and O–H groups in total. The summed E-state index contributed by atoms with van der Waals surface area (Å²) in [6, 6.07) is 0.653. The summed E-state index contributed by atoms with van der Waals surface area (Å²) in [6.07, 6.45) is 5.08. The molecule has 0 spiro atoms. The first-order valence-electron chi connectivity index (χ1n) is 7.74. The van der Waals surface area contributed by atoms with Gasteiger partial charge in [-0.3, -0.25) is 0 Å². The van der Waals surface area contributed by atoms with E-state index in [-0.39, 0.29) is 0 Å². The highest BCUT2D eigenvalue weighted by Gasteiger charge is 2.40. The predicted octanol–water partition coefficient (Wildman–Crippen LogP) is 4.33. The lowest BCUT2D eigenvalue weighted by molar-refractivity contribution is 0.0749. The molecule has 19 heavy (non-hydrogen) atoms. The van der Waals surface area contributed by atoms with Crippen molar-refractivity contribution in [1.82, 2.24) is 10.6 Å². The first-order valence-corrected chi connectivity index (χ1v) is 7.74. The van der Waals surface area contributed by atoms with Crippen LogP contribution in [0.15, 0.2) is 12.3 Å². The Hall–Kier alpha value is -0.500. The van der Waals surface area contributed by atoms with Crippen LogP contribution in [0.3, 0.4) is 0 Å². The molecule has 2 heteroatoms. The van der Waals surface area contributed by atoms with Crippen LogP contribution in [0.25, 0.3) is 0 Å². The van der Waals surface area contributed by atoms with E-state index in [1.807, 2.05) is 6.92 Å². The van der Waals surface area contributed by atoms with Gasteiger partial charge in [-0.2, -0.15) is 0 Å². The lowest BCUT2D eigenvalue weighted by Gasteiger charge is -2.47. The number of hydrogen-bond acceptors (Lipinski definition) is 2. The van der Waals surface area contributed by atoms with Crippen molar-refractivity contribution in [3.63, 3.8) is 0 Å². The van der Waals surface area contributed by atoms with E-state index in [0.29, 0.717) is 16.9 Å². The summed E-state index contributed by atoms with van der Waals surface area (Å²) in [7, 11) is 2.08. The highest BCUT2D eigenvalue weighted by atomic mass is 14.9. The van der Waals surface area contributed by atoms with Gasteiger partial charge >= 0.3 is 0 Å². The summed E-state index contributed by atoms with van der Waals surface area (Å²) >= 11 is 0. The van der Waals surface area contributed by atoms with Crippen LogP contribution in [0, 0.1) is 10.8 Å². The Kier molecular flexibility index (Phi) is 7.73. The lowest BCUT2D eigenvalue weighted by atomic mass is 9.62. The van der Waals surface area contributed by atoms with Crippen molar-refractivity contribution < 1.29 is 0 Å². The lowest BCUT2D eigenvalue weighted by Crippen LogP contribution is -2.47. The molecule has 1 saturated carbocycles. The maximum atomic E-state index is 3.92. The summed E-state index contributed by atoms with van der Waals surface area (Å²) in [5, 5.41) is 6.87. The molecular formula is C17H36N2. The van der Waals surface area contributed by atoms with Crippen LogP contribution < -0.4 is 10.6 Å². The van der Waals surface area contributed by atoms with E-state index < -0.39 is 0 Å². The van der Waals surface area contributed by atoms with Crippen molar-refractivity contribution in [1.29, 1.82) is 0 Å². The summed E-state index contributed by atoms with van der Waals surface area (Å²) in [4.78, 5) is 0. The number of nitrogens with one attached hydrogen (secondary N) is 2. The van der Waals surface area contributed by atoms with Gasteiger partial charge in [0.25, 0.3) is 0 Å². The Morgan fingerprint density at radius 3 is 2.16 bits per heavy atom. The van der Waals surface area contributed by atoms with E-state index in [2.05, 4.69) is 58.9 Å². The fourth-order valence-electron chi connectivity index (χ4n) is 3.34. The van der Waals surface area contributed by atoms with E-state index in [4.69, 9.17) is 0 Å². The van der Waals surface area contributed by atoms with Crippen LogP contribution in [0.1, 0.15) is 67.2 Å². The molecule has 0 heterocycles. The molecule has 0 aliphatic heterocycles. The largest absolute Gasteiger partial charge is 0.388 e. The van der Waals surface area contributed by atoms with Gasteiger partial charge < -0.3 is 10.6 Å². The Labute approximate surface area is 121 Å². The Bertz CT molecular complexity index is 270. The molecule has 0 bridgehead atoms. The second-order valence-corrected chi connectivity index (χ2v) is 7.39. The third-order valence-corrected chi connectivity index (χ3v) is 3.67.